The quantitative estimate of drug-likeness (QED) is 0.676. The summed E-state index contributed by atoms with van der Waals surface area (Å²) in [5.74, 6) is -0.676. The van der Waals surface area contributed by atoms with E-state index >= 15 is 0 Å². The minimum absolute atomic E-state index is 0.219. The molecule has 0 aliphatic carbocycles. The number of halogens is 1. The van der Waals surface area contributed by atoms with Crippen LogP contribution in [0.25, 0.3) is 6.08 Å². The second-order valence-electron chi connectivity index (χ2n) is 6.99. The summed E-state index contributed by atoms with van der Waals surface area (Å²) in [7, 11) is 0. The number of piperazine rings is 1. The Labute approximate surface area is 184 Å². The number of anilines is 1. The van der Waals surface area contributed by atoms with Gasteiger partial charge in [-0.2, -0.15) is 0 Å². The van der Waals surface area contributed by atoms with Crippen molar-refractivity contribution in [2.24, 2.45) is 0 Å². The molecule has 0 aromatic heterocycles. The lowest BCUT2D eigenvalue weighted by molar-refractivity contribution is -0.136. The fraction of sp³-hybridized carbons (Fsp3) is 0.227. The van der Waals surface area contributed by atoms with Crippen LogP contribution in [0.5, 0.6) is 0 Å². The first kappa shape index (κ1) is 20.5. The average Bonchev–Trinajstić information content (AvgIpc) is 3.03. The lowest BCUT2D eigenvalue weighted by Crippen LogP contribution is -2.51. The highest BCUT2D eigenvalue weighted by Gasteiger charge is 2.37. The molecule has 0 bridgehead atoms. The normalized spacial score (nSPS) is 18.4. The number of hydrogen-bond donors (Lipinski definition) is 0. The summed E-state index contributed by atoms with van der Waals surface area (Å²) in [6, 6.07) is 17.1. The highest BCUT2D eigenvalue weighted by atomic mass is 35.5. The van der Waals surface area contributed by atoms with Crippen LogP contribution in [-0.2, 0) is 9.59 Å². The molecule has 0 unspecified atom stereocenters. The Morgan fingerprint density at radius 2 is 1.63 bits per heavy atom. The van der Waals surface area contributed by atoms with Crippen LogP contribution in [-0.4, -0.2) is 59.6 Å². The molecule has 2 aromatic rings. The Morgan fingerprint density at radius 3 is 2.33 bits per heavy atom. The topological polar surface area (TPSA) is 60.9 Å². The highest BCUT2D eigenvalue weighted by Crippen LogP contribution is 2.33. The van der Waals surface area contributed by atoms with E-state index in [9.17, 15) is 14.4 Å². The van der Waals surface area contributed by atoms with Crippen molar-refractivity contribution >= 4 is 52.2 Å². The van der Waals surface area contributed by atoms with E-state index in [1.165, 1.54) is 0 Å². The maximum atomic E-state index is 12.7. The van der Waals surface area contributed by atoms with Gasteiger partial charge in [-0.05, 0) is 41.6 Å². The Morgan fingerprint density at radius 1 is 0.967 bits per heavy atom. The van der Waals surface area contributed by atoms with Crippen LogP contribution in [0.2, 0.25) is 5.02 Å². The fourth-order valence-corrected chi connectivity index (χ4v) is 4.48. The summed E-state index contributed by atoms with van der Waals surface area (Å²) in [6.07, 6.45) is 1.59. The van der Waals surface area contributed by atoms with E-state index in [1.807, 2.05) is 30.3 Å². The van der Waals surface area contributed by atoms with Gasteiger partial charge in [-0.15, -0.1) is 0 Å². The van der Waals surface area contributed by atoms with Gasteiger partial charge in [0.05, 0.1) is 4.91 Å². The summed E-state index contributed by atoms with van der Waals surface area (Å²) < 4.78 is 0. The van der Waals surface area contributed by atoms with Gasteiger partial charge in [0.2, 0.25) is 5.91 Å². The smallest absolute Gasteiger partial charge is 0.294 e. The lowest BCUT2D eigenvalue weighted by Gasteiger charge is -2.36. The third-order valence-corrected chi connectivity index (χ3v) is 6.36. The molecule has 2 aliphatic rings. The lowest BCUT2D eigenvalue weighted by atomic mass is 10.2. The van der Waals surface area contributed by atoms with Crippen molar-refractivity contribution in [2.75, 3.05) is 37.6 Å². The summed E-state index contributed by atoms with van der Waals surface area (Å²) in [5, 5.41) is 0.0613. The number of nitrogens with zero attached hydrogens (tertiary/aromatic N) is 3. The SMILES string of the molecule is O=C(CN1C(=O)SC(=Cc2ccccc2Cl)C1=O)N1CCN(c2ccccc2)CC1. The first-order valence-electron chi connectivity index (χ1n) is 9.60. The molecule has 0 N–H and O–H groups in total. The van der Waals surface area contributed by atoms with Gasteiger partial charge >= 0.3 is 0 Å². The Bertz CT molecular complexity index is 1000. The van der Waals surface area contributed by atoms with E-state index in [4.69, 9.17) is 11.6 Å². The van der Waals surface area contributed by atoms with Crippen molar-refractivity contribution < 1.29 is 14.4 Å². The largest absolute Gasteiger partial charge is 0.368 e. The zero-order chi connectivity index (χ0) is 21.1. The molecule has 4 rings (SSSR count). The van der Waals surface area contributed by atoms with Crippen molar-refractivity contribution in [1.82, 2.24) is 9.80 Å². The van der Waals surface area contributed by atoms with Gasteiger partial charge in [-0.3, -0.25) is 19.3 Å². The number of rotatable bonds is 4. The van der Waals surface area contributed by atoms with Gasteiger partial charge in [0, 0.05) is 36.9 Å². The van der Waals surface area contributed by atoms with Crippen molar-refractivity contribution in [1.29, 1.82) is 0 Å². The highest BCUT2D eigenvalue weighted by molar-refractivity contribution is 8.18. The van der Waals surface area contributed by atoms with E-state index in [-0.39, 0.29) is 17.4 Å². The monoisotopic (exact) mass is 441 g/mol. The minimum atomic E-state index is -0.457. The molecule has 0 atom stereocenters. The van der Waals surface area contributed by atoms with Gasteiger partial charge in [0.15, 0.2) is 0 Å². The number of carbonyl (C=O) groups excluding carboxylic acids is 3. The third-order valence-electron chi connectivity index (χ3n) is 5.11. The van der Waals surface area contributed by atoms with Crippen LogP contribution in [0.4, 0.5) is 10.5 Å². The number of imide groups is 1. The maximum absolute atomic E-state index is 12.7. The fourth-order valence-electron chi connectivity index (χ4n) is 3.46. The van der Waals surface area contributed by atoms with Crippen LogP contribution in [0.1, 0.15) is 5.56 Å². The molecular formula is C22H20ClN3O3S. The van der Waals surface area contributed by atoms with Gasteiger partial charge in [0.25, 0.3) is 11.1 Å². The molecule has 2 fully saturated rings. The Kier molecular flexibility index (Phi) is 6.11. The Hall–Kier alpha value is -2.77. The minimum Gasteiger partial charge on any atom is -0.368 e. The molecule has 154 valence electrons. The molecule has 0 saturated carbocycles. The first-order valence-corrected chi connectivity index (χ1v) is 10.8. The predicted octanol–water partition coefficient (Wildman–Crippen LogP) is 3.73. The van der Waals surface area contributed by atoms with Gasteiger partial charge in [0.1, 0.15) is 6.54 Å². The van der Waals surface area contributed by atoms with Crippen molar-refractivity contribution in [3.8, 4) is 0 Å². The molecule has 3 amide bonds. The second-order valence-corrected chi connectivity index (χ2v) is 8.39. The van der Waals surface area contributed by atoms with Gasteiger partial charge in [-0.1, -0.05) is 48.0 Å². The zero-order valence-electron chi connectivity index (χ0n) is 16.2. The molecular weight excluding hydrogens is 422 g/mol. The number of thioether (sulfide) groups is 1. The molecule has 2 heterocycles. The summed E-state index contributed by atoms with van der Waals surface area (Å²) in [4.78, 5) is 43.0. The second kappa shape index (κ2) is 8.93. The number of amides is 3. The zero-order valence-corrected chi connectivity index (χ0v) is 17.7. The van der Waals surface area contributed by atoms with E-state index in [1.54, 1.807) is 35.2 Å². The third kappa shape index (κ3) is 4.37. The molecule has 2 aliphatic heterocycles. The van der Waals surface area contributed by atoms with Crippen molar-refractivity contribution in [3.05, 3.63) is 70.1 Å². The number of carbonyl (C=O) groups is 3. The van der Waals surface area contributed by atoms with E-state index in [0.29, 0.717) is 36.8 Å². The summed E-state index contributed by atoms with van der Waals surface area (Å²) in [6.45, 7) is 2.29. The molecule has 2 aromatic carbocycles. The van der Waals surface area contributed by atoms with Crippen LogP contribution >= 0.6 is 23.4 Å². The van der Waals surface area contributed by atoms with Crippen LogP contribution in [0.3, 0.4) is 0 Å². The van der Waals surface area contributed by atoms with Crippen LogP contribution in [0, 0.1) is 0 Å². The standard InChI is InChI=1S/C22H20ClN3O3S/c23-18-9-5-4-6-16(18)14-19-21(28)26(22(29)30-19)15-20(27)25-12-10-24(11-13-25)17-7-2-1-3-8-17/h1-9,14H,10-13,15H2. The first-order chi connectivity index (χ1) is 14.5. The summed E-state index contributed by atoms with van der Waals surface area (Å²) in [5.41, 5.74) is 1.79. The van der Waals surface area contributed by atoms with Gasteiger partial charge < -0.3 is 9.80 Å². The molecule has 30 heavy (non-hydrogen) atoms. The average molecular weight is 442 g/mol. The van der Waals surface area contributed by atoms with Crippen molar-refractivity contribution in [3.63, 3.8) is 0 Å². The molecule has 8 heteroatoms. The van der Waals surface area contributed by atoms with Crippen molar-refractivity contribution in [2.45, 2.75) is 0 Å². The molecule has 0 radical (unpaired) electrons. The van der Waals surface area contributed by atoms with E-state index in [2.05, 4.69) is 4.90 Å². The maximum Gasteiger partial charge on any atom is 0.294 e. The number of hydrogen-bond acceptors (Lipinski definition) is 5. The Balaban J connectivity index is 1.37. The number of para-hydroxylation sites is 1. The van der Waals surface area contributed by atoms with Gasteiger partial charge in [-0.25, -0.2) is 0 Å². The van der Waals surface area contributed by atoms with E-state index < -0.39 is 11.1 Å². The number of benzene rings is 2. The predicted molar refractivity (Wildman–Crippen MR) is 119 cm³/mol. The van der Waals surface area contributed by atoms with E-state index in [0.717, 1.165) is 22.3 Å². The van der Waals surface area contributed by atoms with Crippen LogP contribution < -0.4 is 4.90 Å². The molecule has 0 spiro atoms. The molecule has 6 nitrogen and oxygen atoms in total. The van der Waals surface area contributed by atoms with Crippen LogP contribution in [0.15, 0.2) is 59.5 Å². The molecule has 2 saturated heterocycles. The summed E-state index contributed by atoms with van der Waals surface area (Å²) >= 11 is 6.97.